The summed E-state index contributed by atoms with van der Waals surface area (Å²) in [4.78, 5) is 12.0. The molecule has 0 unspecified atom stereocenters. The van der Waals surface area contributed by atoms with Crippen LogP contribution in [0.3, 0.4) is 0 Å². The van der Waals surface area contributed by atoms with Gasteiger partial charge >= 0.3 is 6.18 Å². The van der Waals surface area contributed by atoms with Gasteiger partial charge in [0.25, 0.3) is 0 Å². The molecule has 0 N–H and O–H groups in total. The molecule has 0 heterocycles. The van der Waals surface area contributed by atoms with Crippen LogP contribution >= 0.6 is 11.6 Å². The Morgan fingerprint density at radius 1 is 1.05 bits per heavy atom. The molecule has 0 saturated heterocycles. The van der Waals surface area contributed by atoms with Crippen LogP contribution in [0.4, 0.5) is 17.6 Å². The fraction of sp³-hybridized carbons (Fsp3) is 0.133. The Morgan fingerprint density at radius 2 is 1.67 bits per heavy atom. The summed E-state index contributed by atoms with van der Waals surface area (Å²) in [5.41, 5.74) is -1.47. The minimum Gasteiger partial charge on any atom is -0.294 e. The lowest BCUT2D eigenvalue weighted by atomic mass is 10.0. The summed E-state index contributed by atoms with van der Waals surface area (Å²) in [5.74, 6) is -2.26. The molecular formula is C15H9ClF4O. The van der Waals surface area contributed by atoms with E-state index >= 15 is 0 Å². The van der Waals surface area contributed by atoms with Crippen LogP contribution in [-0.2, 0) is 12.6 Å². The van der Waals surface area contributed by atoms with E-state index in [0.717, 1.165) is 12.1 Å². The number of ketones is 1. The summed E-state index contributed by atoms with van der Waals surface area (Å²) in [7, 11) is 0. The van der Waals surface area contributed by atoms with Crippen LogP contribution in [0.2, 0.25) is 5.02 Å². The van der Waals surface area contributed by atoms with Crippen LogP contribution in [0.1, 0.15) is 21.5 Å². The molecule has 21 heavy (non-hydrogen) atoms. The van der Waals surface area contributed by atoms with Crippen LogP contribution in [0, 0.1) is 5.82 Å². The number of benzene rings is 2. The minimum absolute atomic E-state index is 0.199. The number of rotatable bonds is 3. The third-order valence-electron chi connectivity index (χ3n) is 2.88. The predicted molar refractivity (Wildman–Crippen MR) is 70.9 cm³/mol. The molecule has 0 bridgehead atoms. The summed E-state index contributed by atoms with van der Waals surface area (Å²) >= 11 is 5.69. The van der Waals surface area contributed by atoms with Gasteiger partial charge in [-0.25, -0.2) is 4.39 Å². The molecular weight excluding hydrogens is 308 g/mol. The van der Waals surface area contributed by atoms with Gasteiger partial charge in [-0.3, -0.25) is 4.79 Å². The molecule has 2 rings (SSSR count). The molecule has 0 saturated carbocycles. The maximum atomic E-state index is 13.8. The molecule has 0 fully saturated rings. The maximum absolute atomic E-state index is 13.8. The van der Waals surface area contributed by atoms with Crippen LogP contribution in [0.25, 0.3) is 0 Å². The van der Waals surface area contributed by atoms with Gasteiger partial charge in [-0.2, -0.15) is 13.2 Å². The smallest absolute Gasteiger partial charge is 0.294 e. The van der Waals surface area contributed by atoms with Crippen molar-refractivity contribution >= 4 is 17.4 Å². The van der Waals surface area contributed by atoms with Gasteiger partial charge < -0.3 is 0 Å². The molecule has 2 aromatic rings. The third-order valence-corrected chi connectivity index (χ3v) is 3.13. The molecule has 110 valence electrons. The van der Waals surface area contributed by atoms with Crippen LogP contribution in [-0.4, -0.2) is 5.78 Å². The van der Waals surface area contributed by atoms with Gasteiger partial charge in [0.15, 0.2) is 5.78 Å². The SMILES string of the molecule is O=C(Cc1ccc(Cl)cc1)c1cccc(C(F)(F)F)c1F. The van der Waals surface area contributed by atoms with E-state index in [1.54, 1.807) is 24.3 Å². The van der Waals surface area contributed by atoms with Crippen molar-refractivity contribution in [1.82, 2.24) is 0 Å². The highest BCUT2D eigenvalue weighted by molar-refractivity contribution is 6.30. The Kier molecular flexibility index (Phi) is 4.32. The zero-order valence-electron chi connectivity index (χ0n) is 10.5. The Bertz CT molecular complexity index is 662. The summed E-state index contributed by atoms with van der Waals surface area (Å²) < 4.78 is 51.6. The highest BCUT2D eigenvalue weighted by Crippen LogP contribution is 2.32. The second-order valence-electron chi connectivity index (χ2n) is 4.39. The average Bonchev–Trinajstić information content (AvgIpc) is 2.40. The van der Waals surface area contributed by atoms with E-state index < -0.39 is 28.9 Å². The van der Waals surface area contributed by atoms with Gasteiger partial charge in [-0.15, -0.1) is 0 Å². The van der Waals surface area contributed by atoms with E-state index in [1.165, 1.54) is 0 Å². The molecule has 2 aromatic carbocycles. The largest absolute Gasteiger partial charge is 0.419 e. The highest BCUT2D eigenvalue weighted by atomic mass is 35.5. The predicted octanol–water partition coefficient (Wildman–Crippen LogP) is 4.92. The van der Waals surface area contributed by atoms with Gasteiger partial charge in [0, 0.05) is 11.4 Å². The first-order valence-electron chi connectivity index (χ1n) is 5.92. The summed E-state index contributed by atoms with van der Waals surface area (Å²) in [6, 6.07) is 8.88. The first-order valence-corrected chi connectivity index (χ1v) is 6.30. The Morgan fingerprint density at radius 3 is 2.24 bits per heavy atom. The highest BCUT2D eigenvalue weighted by Gasteiger charge is 2.35. The molecule has 0 amide bonds. The van der Waals surface area contributed by atoms with Crippen LogP contribution in [0.5, 0.6) is 0 Å². The van der Waals surface area contributed by atoms with Crippen molar-refractivity contribution in [2.24, 2.45) is 0 Å². The van der Waals surface area contributed by atoms with E-state index in [4.69, 9.17) is 11.6 Å². The van der Waals surface area contributed by atoms with E-state index in [2.05, 4.69) is 0 Å². The van der Waals surface area contributed by atoms with Crippen molar-refractivity contribution in [3.8, 4) is 0 Å². The molecule has 6 heteroatoms. The Hall–Kier alpha value is -1.88. The maximum Gasteiger partial charge on any atom is 0.419 e. The second kappa shape index (κ2) is 5.85. The Balaban J connectivity index is 2.30. The number of carbonyl (C=O) groups is 1. The standard InChI is InChI=1S/C15H9ClF4O/c16-10-6-4-9(5-7-10)8-13(21)11-2-1-3-12(14(11)17)15(18,19)20/h1-7H,8H2. The van der Waals surface area contributed by atoms with Crippen molar-refractivity contribution in [3.05, 3.63) is 70.0 Å². The molecule has 0 aliphatic heterocycles. The second-order valence-corrected chi connectivity index (χ2v) is 4.83. The van der Waals surface area contributed by atoms with Gasteiger partial charge in [-0.05, 0) is 29.8 Å². The van der Waals surface area contributed by atoms with E-state index in [0.29, 0.717) is 16.7 Å². The van der Waals surface area contributed by atoms with Gasteiger partial charge in [0.2, 0.25) is 0 Å². The molecule has 0 aliphatic carbocycles. The number of Topliss-reactive ketones (excluding diaryl/α,β-unsaturated/α-hetero) is 1. The molecule has 1 nitrogen and oxygen atoms in total. The fourth-order valence-corrected chi connectivity index (χ4v) is 1.98. The molecule has 0 radical (unpaired) electrons. The van der Waals surface area contributed by atoms with Gasteiger partial charge in [0.05, 0.1) is 11.1 Å². The number of alkyl halides is 3. The lowest BCUT2D eigenvalue weighted by Gasteiger charge is -2.10. The number of halogens is 5. The summed E-state index contributed by atoms with van der Waals surface area (Å²) in [5, 5.41) is 0.469. The summed E-state index contributed by atoms with van der Waals surface area (Å²) in [6.07, 6.45) is -5.03. The lowest BCUT2D eigenvalue weighted by molar-refractivity contribution is -0.140. The third kappa shape index (κ3) is 3.61. The molecule has 0 aromatic heterocycles. The Labute approximate surface area is 123 Å². The van der Waals surface area contributed by atoms with Crippen LogP contribution in [0.15, 0.2) is 42.5 Å². The molecule has 0 atom stereocenters. The van der Waals surface area contributed by atoms with Gasteiger partial charge in [0.1, 0.15) is 5.82 Å². The number of hydrogen-bond donors (Lipinski definition) is 0. The van der Waals surface area contributed by atoms with Crippen molar-refractivity contribution in [3.63, 3.8) is 0 Å². The zero-order valence-corrected chi connectivity index (χ0v) is 11.3. The molecule has 0 aliphatic rings. The zero-order chi connectivity index (χ0) is 15.6. The van der Waals surface area contributed by atoms with Crippen molar-refractivity contribution < 1.29 is 22.4 Å². The normalized spacial score (nSPS) is 11.5. The monoisotopic (exact) mass is 316 g/mol. The number of carbonyl (C=O) groups excluding carboxylic acids is 1. The first kappa shape index (κ1) is 15.5. The topological polar surface area (TPSA) is 17.1 Å². The quantitative estimate of drug-likeness (QED) is 0.580. The lowest BCUT2D eigenvalue weighted by Crippen LogP contribution is -2.13. The van der Waals surface area contributed by atoms with E-state index in [9.17, 15) is 22.4 Å². The van der Waals surface area contributed by atoms with Crippen molar-refractivity contribution in [2.45, 2.75) is 12.6 Å². The summed E-state index contributed by atoms with van der Waals surface area (Å²) in [6.45, 7) is 0. The fourth-order valence-electron chi connectivity index (χ4n) is 1.85. The van der Waals surface area contributed by atoms with E-state index in [-0.39, 0.29) is 6.42 Å². The van der Waals surface area contributed by atoms with Crippen molar-refractivity contribution in [2.75, 3.05) is 0 Å². The molecule has 0 spiro atoms. The van der Waals surface area contributed by atoms with Crippen molar-refractivity contribution in [1.29, 1.82) is 0 Å². The van der Waals surface area contributed by atoms with Crippen LogP contribution < -0.4 is 0 Å². The first-order chi connectivity index (χ1) is 9.79. The number of hydrogen-bond acceptors (Lipinski definition) is 1. The minimum atomic E-state index is -4.83. The van der Waals surface area contributed by atoms with E-state index in [1.807, 2.05) is 0 Å². The average molecular weight is 317 g/mol. The van der Waals surface area contributed by atoms with Gasteiger partial charge in [-0.1, -0.05) is 29.8 Å².